The maximum atomic E-state index is 11.6. The Morgan fingerprint density at radius 3 is 2.92 bits per heavy atom. The molecule has 0 saturated carbocycles. The van der Waals surface area contributed by atoms with Crippen LogP contribution in [0.15, 0.2) is 57.1 Å². The van der Waals surface area contributed by atoms with Crippen LogP contribution in [0.1, 0.15) is 5.56 Å². The third kappa shape index (κ3) is 2.61. The summed E-state index contributed by atoms with van der Waals surface area (Å²) in [7, 11) is 1.69. The van der Waals surface area contributed by atoms with Crippen LogP contribution in [0.5, 0.6) is 0 Å². The molecule has 0 radical (unpaired) electrons. The second-order valence-electron chi connectivity index (χ2n) is 5.64. The van der Waals surface area contributed by atoms with Crippen LogP contribution in [0.4, 0.5) is 10.8 Å². The average Bonchev–Trinajstić information content (AvgIpc) is 3.13. The van der Waals surface area contributed by atoms with Gasteiger partial charge in [-0.25, -0.2) is 9.78 Å². The Bertz CT molecular complexity index is 1090. The first kappa shape index (κ1) is 14.7. The molecule has 0 atom stereocenters. The molecule has 2 aromatic heterocycles. The Balaban J connectivity index is 1.66. The molecule has 2 aromatic carbocycles. The van der Waals surface area contributed by atoms with E-state index in [4.69, 9.17) is 4.42 Å². The van der Waals surface area contributed by atoms with Crippen molar-refractivity contribution >= 4 is 33.3 Å². The lowest BCUT2D eigenvalue weighted by molar-refractivity contribution is 0.528. The molecule has 0 bridgehead atoms. The molecule has 0 aliphatic rings. The van der Waals surface area contributed by atoms with E-state index in [9.17, 15) is 4.79 Å². The fourth-order valence-electron chi connectivity index (χ4n) is 2.60. The molecule has 0 fully saturated rings. The monoisotopic (exact) mass is 337 g/mol. The van der Waals surface area contributed by atoms with Gasteiger partial charge in [-0.05, 0) is 36.8 Å². The van der Waals surface area contributed by atoms with Gasteiger partial charge in [0.1, 0.15) is 0 Å². The summed E-state index contributed by atoms with van der Waals surface area (Å²) in [5.41, 5.74) is 5.33. The van der Waals surface area contributed by atoms with Crippen molar-refractivity contribution in [1.82, 2.24) is 9.55 Å². The standard InChI is InChI=1S/C18H15N3O2S/c1-11-4-3-5-13(8-11)19-17-20-14(10-24-17)12-6-7-15-16(9-12)23-18(22)21(15)2/h3-10H,1-2H3,(H,19,20). The summed E-state index contributed by atoms with van der Waals surface area (Å²) in [5.74, 6) is -0.359. The molecular formula is C18H15N3O2S. The van der Waals surface area contributed by atoms with Crippen molar-refractivity contribution in [2.75, 3.05) is 5.32 Å². The van der Waals surface area contributed by atoms with Crippen molar-refractivity contribution in [1.29, 1.82) is 0 Å². The molecule has 2 heterocycles. The van der Waals surface area contributed by atoms with E-state index >= 15 is 0 Å². The largest absolute Gasteiger partial charge is 0.419 e. The van der Waals surface area contributed by atoms with Gasteiger partial charge in [-0.2, -0.15) is 0 Å². The summed E-state index contributed by atoms with van der Waals surface area (Å²) in [6.07, 6.45) is 0. The zero-order valence-electron chi connectivity index (χ0n) is 13.2. The predicted molar refractivity (Wildman–Crippen MR) is 97.0 cm³/mol. The van der Waals surface area contributed by atoms with Gasteiger partial charge in [-0.1, -0.05) is 18.2 Å². The van der Waals surface area contributed by atoms with E-state index in [2.05, 4.69) is 29.4 Å². The van der Waals surface area contributed by atoms with Crippen LogP contribution >= 0.6 is 11.3 Å². The molecule has 1 N–H and O–H groups in total. The van der Waals surface area contributed by atoms with Crippen LogP contribution in [0.25, 0.3) is 22.4 Å². The first-order valence-electron chi connectivity index (χ1n) is 7.49. The Kier molecular flexibility index (Phi) is 3.46. The van der Waals surface area contributed by atoms with E-state index in [-0.39, 0.29) is 5.76 Å². The highest BCUT2D eigenvalue weighted by Crippen LogP contribution is 2.29. The SMILES string of the molecule is Cc1cccc(Nc2nc(-c3ccc4c(c3)oc(=O)n4C)cs2)c1. The molecule has 24 heavy (non-hydrogen) atoms. The number of oxazole rings is 1. The van der Waals surface area contributed by atoms with Gasteiger partial charge in [0, 0.05) is 23.7 Å². The van der Waals surface area contributed by atoms with E-state index < -0.39 is 0 Å². The quantitative estimate of drug-likeness (QED) is 0.605. The lowest BCUT2D eigenvalue weighted by atomic mass is 10.1. The predicted octanol–water partition coefficient (Wildman–Crippen LogP) is 4.31. The number of fused-ring (bicyclic) bond motifs is 1. The first-order valence-corrected chi connectivity index (χ1v) is 8.37. The van der Waals surface area contributed by atoms with Crippen LogP contribution in [0, 0.1) is 6.92 Å². The van der Waals surface area contributed by atoms with Crippen LogP contribution in [-0.4, -0.2) is 9.55 Å². The second kappa shape index (κ2) is 5.65. The third-order valence-corrected chi connectivity index (χ3v) is 4.62. The number of aromatic nitrogens is 2. The molecule has 5 nitrogen and oxygen atoms in total. The summed E-state index contributed by atoms with van der Waals surface area (Å²) < 4.78 is 6.73. The maximum absolute atomic E-state index is 11.6. The number of hydrogen-bond donors (Lipinski definition) is 1. The molecule has 120 valence electrons. The van der Waals surface area contributed by atoms with Gasteiger partial charge in [0.05, 0.1) is 11.2 Å². The average molecular weight is 337 g/mol. The van der Waals surface area contributed by atoms with Crippen molar-refractivity contribution in [3.63, 3.8) is 0 Å². The van der Waals surface area contributed by atoms with E-state index in [0.717, 1.165) is 27.6 Å². The van der Waals surface area contributed by atoms with E-state index in [1.165, 1.54) is 21.5 Å². The highest BCUT2D eigenvalue weighted by molar-refractivity contribution is 7.14. The zero-order valence-corrected chi connectivity index (χ0v) is 14.1. The number of aryl methyl sites for hydroxylation is 2. The molecule has 0 unspecified atom stereocenters. The number of rotatable bonds is 3. The van der Waals surface area contributed by atoms with Crippen molar-refractivity contribution in [3.8, 4) is 11.3 Å². The normalized spacial score (nSPS) is 11.1. The zero-order chi connectivity index (χ0) is 16.7. The number of thiazole rings is 1. The highest BCUT2D eigenvalue weighted by atomic mass is 32.1. The summed E-state index contributed by atoms with van der Waals surface area (Å²) >= 11 is 1.54. The molecule has 0 saturated heterocycles. The Morgan fingerprint density at radius 1 is 1.21 bits per heavy atom. The van der Waals surface area contributed by atoms with Gasteiger partial charge in [0.2, 0.25) is 0 Å². The number of nitrogens with zero attached hydrogens (tertiary/aromatic N) is 2. The van der Waals surface area contributed by atoms with Crippen LogP contribution in [0.2, 0.25) is 0 Å². The minimum absolute atomic E-state index is 0.359. The molecule has 4 rings (SSSR count). The van der Waals surface area contributed by atoms with E-state index in [1.54, 1.807) is 7.05 Å². The molecule has 0 spiro atoms. The molecule has 6 heteroatoms. The molecule has 0 aliphatic heterocycles. The molecular weight excluding hydrogens is 322 g/mol. The van der Waals surface area contributed by atoms with Gasteiger partial charge in [-0.15, -0.1) is 11.3 Å². The van der Waals surface area contributed by atoms with Crippen molar-refractivity contribution in [2.24, 2.45) is 7.05 Å². The summed E-state index contributed by atoms with van der Waals surface area (Å²) in [4.78, 5) is 16.2. The lowest BCUT2D eigenvalue weighted by Crippen LogP contribution is -2.08. The van der Waals surface area contributed by atoms with E-state index in [0.29, 0.717) is 5.58 Å². The van der Waals surface area contributed by atoms with Gasteiger partial charge in [0.25, 0.3) is 0 Å². The van der Waals surface area contributed by atoms with Gasteiger partial charge < -0.3 is 9.73 Å². The number of nitrogens with one attached hydrogen (secondary N) is 1. The topological polar surface area (TPSA) is 60.1 Å². The van der Waals surface area contributed by atoms with Gasteiger partial charge in [0.15, 0.2) is 10.7 Å². The first-order chi connectivity index (χ1) is 11.6. The Hall–Kier alpha value is -2.86. The van der Waals surface area contributed by atoms with Gasteiger partial charge >= 0.3 is 5.76 Å². The lowest BCUT2D eigenvalue weighted by Gasteiger charge is -2.03. The van der Waals surface area contributed by atoms with Gasteiger partial charge in [-0.3, -0.25) is 4.57 Å². The van der Waals surface area contributed by atoms with Crippen LogP contribution < -0.4 is 11.1 Å². The van der Waals surface area contributed by atoms with Crippen molar-refractivity contribution < 1.29 is 4.42 Å². The molecule has 0 amide bonds. The minimum Gasteiger partial charge on any atom is -0.408 e. The summed E-state index contributed by atoms with van der Waals surface area (Å²) in [6, 6.07) is 13.8. The minimum atomic E-state index is -0.359. The molecule has 0 aliphatic carbocycles. The summed E-state index contributed by atoms with van der Waals surface area (Å²) in [5, 5.41) is 6.13. The third-order valence-electron chi connectivity index (χ3n) is 3.86. The van der Waals surface area contributed by atoms with Crippen molar-refractivity contribution in [3.05, 3.63) is 64.0 Å². The summed E-state index contributed by atoms with van der Waals surface area (Å²) in [6.45, 7) is 2.06. The fourth-order valence-corrected chi connectivity index (χ4v) is 3.34. The van der Waals surface area contributed by atoms with Crippen LogP contribution in [0.3, 0.4) is 0 Å². The molecule has 4 aromatic rings. The smallest absolute Gasteiger partial charge is 0.408 e. The number of benzene rings is 2. The Morgan fingerprint density at radius 2 is 2.08 bits per heavy atom. The highest BCUT2D eigenvalue weighted by Gasteiger charge is 2.10. The Labute approximate surface area is 142 Å². The number of anilines is 2. The fraction of sp³-hybridized carbons (Fsp3) is 0.111. The number of hydrogen-bond acceptors (Lipinski definition) is 5. The van der Waals surface area contributed by atoms with Crippen LogP contribution in [-0.2, 0) is 7.05 Å². The second-order valence-corrected chi connectivity index (χ2v) is 6.50. The maximum Gasteiger partial charge on any atom is 0.419 e. The van der Waals surface area contributed by atoms with Crippen molar-refractivity contribution in [2.45, 2.75) is 6.92 Å². The van der Waals surface area contributed by atoms with E-state index in [1.807, 2.05) is 35.7 Å².